The first-order valence-corrected chi connectivity index (χ1v) is 6.58. The van der Waals surface area contributed by atoms with Gasteiger partial charge >= 0.3 is 0 Å². The summed E-state index contributed by atoms with van der Waals surface area (Å²) in [6.07, 6.45) is 13.8. The highest BCUT2D eigenvalue weighted by Gasteiger charge is 2.17. The normalized spacial score (nSPS) is 20.1. The van der Waals surface area contributed by atoms with Crippen LogP contribution in [-0.4, -0.2) is 6.04 Å². The van der Waals surface area contributed by atoms with E-state index in [0.29, 0.717) is 6.04 Å². The Morgan fingerprint density at radius 3 is 2.50 bits per heavy atom. The van der Waals surface area contributed by atoms with Crippen LogP contribution in [0.15, 0.2) is 0 Å². The first-order chi connectivity index (χ1) is 6.83. The largest absolute Gasteiger partial charge is 0.328 e. The highest BCUT2D eigenvalue weighted by Crippen LogP contribution is 2.28. The van der Waals surface area contributed by atoms with Gasteiger partial charge in [0.2, 0.25) is 0 Å². The van der Waals surface area contributed by atoms with Crippen LogP contribution in [0, 0.1) is 5.92 Å². The van der Waals surface area contributed by atoms with E-state index >= 15 is 0 Å². The maximum absolute atomic E-state index is 6.14. The van der Waals surface area contributed by atoms with Crippen LogP contribution in [0.25, 0.3) is 0 Å². The second-order valence-electron chi connectivity index (χ2n) is 5.00. The first kappa shape index (κ1) is 12.0. The van der Waals surface area contributed by atoms with Crippen molar-refractivity contribution < 1.29 is 0 Å². The fourth-order valence-electron chi connectivity index (χ4n) is 2.63. The van der Waals surface area contributed by atoms with Crippen molar-refractivity contribution in [3.63, 3.8) is 0 Å². The molecule has 1 rings (SSSR count). The molecule has 1 aliphatic rings. The molecule has 1 unspecified atom stereocenters. The topological polar surface area (TPSA) is 26.0 Å². The minimum atomic E-state index is 0.495. The van der Waals surface area contributed by atoms with Crippen LogP contribution in [0.3, 0.4) is 0 Å². The van der Waals surface area contributed by atoms with Gasteiger partial charge in [0.25, 0.3) is 0 Å². The quantitative estimate of drug-likeness (QED) is 0.616. The zero-order chi connectivity index (χ0) is 10.2. The first-order valence-electron chi connectivity index (χ1n) is 6.58. The molecule has 2 N–H and O–H groups in total. The number of unbranched alkanes of at least 4 members (excludes halogenated alkanes) is 3. The lowest BCUT2D eigenvalue weighted by molar-refractivity contribution is 0.415. The number of rotatable bonds is 7. The second kappa shape index (κ2) is 7.28. The van der Waals surface area contributed by atoms with E-state index in [1.807, 2.05) is 0 Å². The zero-order valence-corrected chi connectivity index (χ0v) is 9.80. The Labute approximate surface area is 89.5 Å². The maximum Gasteiger partial charge on any atom is 0.00414 e. The molecule has 0 spiro atoms. The van der Waals surface area contributed by atoms with E-state index in [4.69, 9.17) is 5.73 Å². The van der Waals surface area contributed by atoms with E-state index in [9.17, 15) is 0 Å². The van der Waals surface area contributed by atoms with Crippen LogP contribution in [-0.2, 0) is 0 Å². The van der Waals surface area contributed by atoms with Crippen molar-refractivity contribution in [2.45, 2.75) is 77.2 Å². The summed E-state index contributed by atoms with van der Waals surface area (Å²) in [5.41, 5.74) is 6.14. The summed E-state index contributed by atoms with van der Waals surface area (Å²) in [6.45, 7) is 2.26. The lowest BCUT2D eigenvalue weighted by atomic mass is 9.95. The van der Waals surface area contributed by atoms with Gasteiger partial charge < -0.3 is 5.73 Å². The average Bonchev–Trinajstić information content (AvgIpc) is 2.65. The summed E-state index contributed by atoms with van der Waals surface area (Å²) in [6, 6.07) is 0.495. The molecule has 1 aliphatic carbocycles. The summed E-state index contributed by atoms with van der Waals surface area (Å²) in [4.78, 5) is 0. The SMILES string of the molecule is CCCCCCC(N)CC1CCCC1. The Morgan fingerprint density at radius 2 is 1.86 bits per heavy atom. The molecule has 0 amide bonds. The van der Waals surface area contributed by atoms with Gasteiger partial charge in [-0.2, -0.15) is 0 Å². The van der Waals surface area contributed by atoms with E-state index in [1.165, 1.54) is 64.2 Å². The number of hydrogen-bond acceptors (Lipinski definition) is 1. The number of nitrogens with two attached hydrogens (primary N) is 1. The highest BCUT2D eigenvalue weighted by molar-refractivity contribution is 4.73. The molecule has 0 heterocycles. The van der Waals surface area contributed by atoms with E-state index < -0.39 is 0 Å². The fraction of sp³-hybridized carbons (Fsp3) is 1.00. The third-order valence-corrected chi connectivity index (χ3v) is 3.54. The molecular formula is C13H27N. The molecule has 0 aromatic carbocycles. The van der Waals surface area contributed by atoms with Gasteiger partial charge in [0.15, 0.2) is 0 Å². The van der Waals surface area contributed by atoms with Crippen molar-refractivity contribution >= 4 is 0 Å². The molecule has 0 bridgehead atoms. The lowest BCUT2D eigenvalue weighted by Gasteiger charge is -2.15. The van der Waals surface area contributed by atoms with E-state index in [2.05, 4.69) is 6.92 Å². The molecule has 0 aromatic heterocycles. The van der Waals surface area contributed by atoms with E-state index in [-0.39, 0.29) is 0 Å². The molecule has 1 saturated carbocycles. The molecule has 0 saturated heterocycles. The highest BCUT2D eigenvalue weighted by atomic mass is 14.6. The van der Waals surface area contributed by atoms with Crippen molar-refractivity contribution in [3.05, 3.63) is 0 Å². The van der Waals surface area contributed by atoms with Crippen LogP contribution in [0.4, 0.5) is 0 Å². The van der Waals surface area contributed by atoms with Gasteiger partial charge in [-0.3, -0.25) is 0 Å². The Kier molecular flexibility index (Phi) is 6.25. The lowest BCUT2D eigenvalue weighted by Crippen LogP contribution is -2.22. The smallest absolute Gasteiger partial charge is 0.00414 e. The molecule has 1 heteroatoms. The molecule has 0 aromatic rings. The van der Waals surface area contributed by atoms with E-state index in [0.717, 1.165) is 5.92 Å². The standard InChI is InChI=1S/C13H27N/c1-2-3-4-5-10-13(14)11-12-8-6-7-9-12/h12-13H,2-11,14H2,1H3. The van der Waals surface area contributed by atoms with Crippen molar-refractivity contribution in [2.24, 2.45) is 11.7 Å². The predicted molar refractivity (Wildman–Crippen MR) is 63.3 cm³/mol. The predicted octanol–water partition coefficient (Wildman–Crippen LogP) is 3.86. The fourth-order valence-corrected chi connectivity index (χ4v) is 2.63. The van der Waals surface area contributed by atoms with Crippen LogP contribution < -0.4 is 5.73 Å². The molecule has 1 atom stereocenters. The number of hydrogen-bond donors (Lipinski definition) is 1. The van der Waals surface area contributed by atoms with Crippen LogP contribution >= 0.6 is 0 Å². The Morgan fingerprint density at radius 1 is 1.14 bits per heavy atom. The van der Waals surface area contributed by atoms with Gasteiger partial charge in [-0.1, -0.05) is 58.3 Å². The maximum atomic E-state index is 6.14. The zero-order valence-electron chi connectivity index (χ0n) is 9.80. The monoisotopic (exact) mass is 197 g/mol. The van der Waals surface area contributed by atoms with Gasteiger partial charge in [0, 0.05) is 6.04 Å². The van der Waals surface area contributed by atoms with Gasteiger partial charge in [-0.25, -0.2) is 0 Å². The van der Waals surface area contributed by atoms with Gasteiger partial charge in [0.05, 0.1) is 0 Å². The van der Waals surface area contributed by atoms with Gasteiger partial charge in [0.1, 0.15) is 0 Å². The Bertz CT molecular complexity index is 127. The Balaban J connectivity index is 1.95. The summed E-state index contributed by atoms with van der Waals surface area (Å²) < 4.78 is 0. The van der Waals surface area contributed by atoms with Crippen LogP contribution in [0.1, 0.15) is 71.1 Å². The van der Waals surface area contributed by atoms with E-state index in [1.54, 1.807) is 0 Å². The molecule has 0 aliphatic heterocycles. The molecule has 1 nitrogen and oxygen atoms in total. The summed E-state index contributed by atoms with van der Waals surface area (Å²) in [5.74, 6) is 0.969. The summed E-state index contributed by atoms with van der Waals surface area (Å²) >= 11 is 0. The third-order valence-electron chi connectivity index (χ3n) is 3.54. The average molecular weight is 197 g/mol. The molecule has 1 fully saturated rings. The molecule has 14 heavy (non-hydrogen) atoms. The Hall–Kier alpha value is -0.0400. The van der Waals surface area contributed by atoms with Gasteiger partial charge in [-0.15, -0.1) is 0 Å². The van der Waals surface area contributed by atoms with Gasteiger partial charge in [-0.05, 0) is 18.8 Å². The molecule has 0 radical (unpaired) electrons. The summed E-state index contributed by atoms with van der Waals surface area (Å²) in [5, 5.41) is 0. The van der Waals surface area contributed by atoms with Crippen molar-refractivity contribution in [1.82, 2.24) is 0 Å². The van der Waals surface area contributed by atoms with Crippen LogP contribution in [0.5, 0.6) is 0 Å². The second-order valence-corrected chi connectivity index (χ2v) is 5.00. The van der Waals surface area contributed by atoms with Crippen molar-refractivity contribution in [2.75, 3.05) is 0 Å². The minimum Gasteiger partial charge on any atom is -0.328 e. The van der Waals surface area contributed by atoms with Crippen LogP contribution in [0.2, 0.25) is 0 Å². The van der Waals surface area contributed by atoms with Crippen molar-refractivity contribution in [1.29, 1.82) is 0 Å². The van der Waals surface area contributed by atoms with Crippen molar-refractivity contribution in [3.8, 4) is 0 Å². The molecule has 84 valence electrons. The third kappa shape index (κ3) is 4.99. The molecular weight excluding hydrogens is 170 g/mol. The summed E-state index contributed by atoms with van der Waals surface area (Å²) in [7, 11) is 0. The minimum absolute atomic E-state index is 0.495.